The van der Waals surface area contributed by atoms with Gasteiger partial charge in [0.05, 0.1) is 25.7 Å². The summed E-state index contributed by atoms with van der Waals surface area (Å²) in [5, 5.41) is 0. The minimum atomic E-state index is -0.123. The lowest BCUT2D eigenvalue weighted by molar-refractivity contribution is -0.142. The molecule has 8 nitrogen and oxygen atoms in total. The number of likely N-dealkylation sites (tertiary alicyclic amines) is 1. The van der Waals surface area contributed by atoms with Gasteiger partial charge in [-0.05, 0) is 6.42 Å². The smallest absolute Gasteiger partial charge is 0.227 e. The fourth-order valence-electron chi connectivity index (χ4n) is 3.42. The van der Waals surface area contributed by atoms with Gasteiger partial charge in [0.15, 0.2) is 0 Å². The lowest BCUT2D eigenvalue weighted by Gasteiger charge is -2.35. The van der Waals surface area contributed by atoms with Crippen LogP contribution in [0.15, 0.2) is 12.4 Å². The minimum absolute atomic E-state index is 0.0836. The van der Waals surface area contributed by atoms with Crippen LogP contribution in [0, 0.1) is 5.92 Å². The van der Waals surface area contributed by atoms with Crippen molar-refractivity contribution < 1.29 is 14.3 Å². The number of piperidine rings is 1. The van der Waals surface area contributed by atoms with Crippen molar-refractivity contribution in [3.63, 3.8) is 0 Å². The van der Waals surface area contributed by atoms with Crippen molar-refractivity contribution in [1.29, 1.82) is 0 Å². The summed E-state index contributed by atoms with van der Waals surface area (Å²) < 4.78 is 5.35. The van der Waals surface area contributed by atoms with Crippen molar-refractivity contribution in [2.45, 2.75) is 19.4 Å². The lowest BCUT2D eigenvalue weighted by atomic mass is 9.96. The normalized spacial score (nSPS) is 22.2. The zero-order valence-electron chi connectivity index (χ0n) is 14.8. The standard InChI is InChI=1S/C17H27N5O3/c1-20(13-15-18-4-5-19-15)17(24)14-2-3-16(23)22(12-14)7-6-21-8-10-25-11-9-21/h4-5,14H,2-3,6-13H2,1H3,(H,18,19). The molecule has 3 heterocycles. The number of hydrogen-bond donors (Lipinski definition) is 1. The van der Waals surface area contributed by atoms with Crippen LogP contribution in [0.2, 0.25) is 0 Å². The monoisotopic (exact) mass is 349 g/mol. The van der Waals surface area contributed by atoms with E-state index in [1.165, 1.54) is 0 Å². The third-order valence-corrected chi connectivity index (χ3v) is 4.96. The maximum atomic E-state index is 12.7. The Kier molecular flexibility index (Phi) is 6.04. The summed E-state index contributed by atoms with van der Waals surface area (Å²) in [7, 11) is 1.79. The molecule has 2 saturated heterocycles. The molecule has 2 fully saturated rings. The number of aromatic nitrogens is 2. The number of hydrogen-bond acceptors (Lipinski definition) is 5. The molecule has 0 radical (unpaired) electrons. The van der Waals surface area contributed by atoms with E-state index in [-0.39, 0.29) is 17.7 Å². The number of morpholine rings is 1. The summed E-state index contributed by atoms with van der Waals surface area (Å²) in [4.78, 5) is 37.9. The molecule has 3 rings (SSSR count). The number of carbonyl (C=O) groups excluding carboxylic acids is 2. The third kappa shape index (κ3) is 4.79. The SMILES string of the molecule is CN(Cc1ncc[nH]1)C(=O)C1CCC(=O)N(CCN2CCOCC2)C1. The van der Waals surface area contributed by atoms with E-state index in [0.29, 0.717) is 32.5 Å². The molecule has 138 valence electrons. The second kappa shape index (κ2) is 8.44. The van der Waals surface area contributed by atoms with Gasteiger partial charge < -0.3 is 19.5 Å². The Hall–Kier alpha value is -1.93. The van der Waals surface area contributed by atoms with Crippen LogP contribution in [-0.2, 0) is 20.9 Å². The number of ether oxygens (including phenoxy) is 1. The molecule has 1 N–H and O–H groups in total. The molecule has 1 unspecified atom stereocenters. The highest BCUT2D eigenvalue weighted by molar-refractivity contribution is 5.83. The molecule has 0 saturated carbocycles. The van der Waals surface area contributed by atoms with Gasteiger partial charge in [0.2, 0.25) is 11.8 Å². The third-order valence-electron chi connectivity index (χ3n) is 4.96. The number of carbonyl (C=O) groups is 2. The number of H-pyrrole nitrogens is 1. The Labute approximate surface area is 148 Å². The zero-order valence-corrected chi connectivity index (χ0v) is 14.8. The number of amides is 2. The van der Waals surface area contributed by atoms with E-state index in [0.717, 1.165) is 38.7 Å². The Bertz CT molecular complexity index is 571. The van der Waals surface area contributed by atoms with Crippen molar-refractivity contribution in [3.05, 3.63) is 18.2 Å². The maximum Gasteiger partial charge on any atom is 0.227 e. The van der Waals surface area contributed by atoms with Crippen molar-refractivity contribution in [2.75, 3.05) is 53.0 Å². The van der Waals surface area contributed by atoms with Crippen molar-refractivity contribution >= 4 is 11.8 Å². The van der Waals surface area contributed by atoms with Gasteiger partial charge in [-0.25, -0.2) is 4.98 Å². The molecule has 1 aromatic rings. The molecular weight excluding hydrogens is 322 g/mol. The number of rotatable bonds is 6. The zero-order chi connectivity index (χ0) is 17.6. The predicted octanol–water partition coefficient (Wildman–Crippen LogP) is -0.0611. The molecule has 8 heteroatoms. The second-order valence-corrected chi connectivity index (χ2v) is 6.76. The van der Waals surface area contributed by atoms with Crippen LogP contribution in [0.3, 0.4) is 0 Å². The highest BCUT2D eigenvalue weighted by Gasteiger charge is 2.32. The summed E-state index contributed by atoms with van der Waals surface area (Å²) >= 11 is 0. The molecular formula is C17H27N5O3. The molecule has 25 heavy (non-hydrogen) atoms. The van der Waals surface area contributed by atoms with Crippen LogP contribution < -0.4 is 0 Å². The van der Waals surface area contributed by atoms with Gasteiger partial charge in [-0.2, -0.15) is 0 Å². The Balaban J connectivity index is 1.50. The highest BCUT2D eigenvalue weighted by atomic mass is 16.5. The lowest BCUT2D eigenvalue weighted by Crippen LogP contribution is -2.49. The first-order valence-electron chi connectivity index (χ1n) is 8.94. The van der Waals surface area contributed by atoms with E-state index < -0.39 is 0 Å². The van der Waals surface area contributed by atoms with Crippen molar-refractivity contribution in [3.8, 4) is 0 Å². The molecule has 0 spiro atoms. The van der Waals surface area contributed by atoms with Gasteiger partial charge in [0, 0.05) is 58.6 Å². The maximum absolute atomic E-state index is 12.7. The van der Waals surface area contributed by atoms with Crippen LogP contribution in [0.5, 0.6) is 0 Å². The molecule has 0 bridgehead atoms. The predicted molar refractivity (Wildman–Crippen MR) is 91.6 cm³/mol. The number of imidazole rings is 1. The van der Waals surface area contributed by atoms with Gasteiger partial charge in [-0.3, -0.25) is 14.5 Å². The quantitative estimate of drug-likeness (QED) is 0.778. The first kappa shape index (κ1) is 17.9. The fraction of sp³-hybridized carbons (Fsp3) is 0.706. The van der Waals surface area contributed by atoms with E-state index in [9.17, 15) is 9.59 Å². The Morgan fingerprint density at radius 2 is 2.20 bits per heavy atom. The molecule has 2 aliphatic rings. The summed E-state index contributed by atoms with van der Waals surface area (Å²) in [6.07, 6.45) is 4.52. The van der Waals surface area contributed by atoms with Crippen LogP contribution in [0.4, 0.5) is 0 Å². The summed E-state index contributed by atoms with van der Waals surface area (Å²) in [5.41, 5.74) is 0. The Morgan fingerprint density at radius 3 is 2.92 bits per heavy atom. The van der Waals surface area contributed by atoms with Gasteiger partial charge in [-0.15, -0.1) is 0 Å². The van der Waals surface area contributed by atoms with Crippen LogP contribution in [0.25, 0.3) is 0 Å². The van der Waals surface area contributed by atoms with Crippen molar-refractivity contribution in [2.24, 2.45) is 5.92 Å². The largest absolute Gasteiger partial charge is 0.379 e. The van der Waals surface area contributed by atoms with Crippen molar-refractivity contribution in [1.82, 2.24) is 24.7 Å². The number of nitrogens with one attached hydrogen (secondary N) is 1. The second-order valence-electron chi connectivity index (χ2n) is 6.76. The summed E-state index contributed by atoms with van der Waals surface area (Å²) in [6.45, 7) is 5.85. The van der Waals surface area contributed by atoms with E-state index in [4.69, 9.17) is 4.74 Å². The number of nitrogens with zero attached hydrogens (tertiary/aromatic N) is 4. The average Bonchev–Trinajstić information content (AvgIpc) is 3.14. The Morgan fingerprint density at radius 1 is 1.40 bits per heavy atom. The van der Waals surface area contributed by atoms with E-state index in [1.807, 2.05) is 4.90 Å². The molecule has 0 aromatic carbocycles. The highest BCUT2D eigenvalue weighted by Crippen LogP contribution is 2.20. The first-order valence-corrected chi connectivity index (χ1v) is 8.94. The van der Waals surface area contributed by atoms with E-state index in [2.05, 4.69) is 14.9 Å². The van der Waals surface area contributed by atoms with Gasteiger partial charge in [0.1, 0.15) is 5.82 Å². The fourth-order valence-corrected chi connectivity index (χ4v) is 3.42. The van der Waals surface area contributed by atoms with Gasteiger partial charge in [0.25, 0.3) is 0 Å². The van der Waals surface area contributed by atoms with Gasteiger partial charge in [-0.1, -0.05) is 0 Å². The summed E-state index contributed by atoms with van der Waals surface area (Å²) in [6, 6.07) is 0. The summed E-state index contributed by atoms with van der Waals surface area (Å²) in [5.74, 6) is 0.889. The molecule has 1 aromatic heterocycles. The average molecular weight is 349 g/mol. The van der Waals surface area contributed by atoms with E-state index >= 15 is 0 Å². The van der Waals surface area contributed by atoms with Crippen LogP contribution >= 0.6 is 0 Å². The van der Waals surface area contributed by atoms with Crippen LogP contribution in [0.1, 0.15) is 18.7 Å². The molecule has 1 atom stereocenters. The van der Waals surface area contributed by atoms with E-state index in [1.54, 1.807) is 24.3 Å². The first-order chi connectivity index (χ1) is 12.1. The topological polar surface area (TPSA) is 81.8 Å². The molecule has 0 aliphatic carbocycles. The molecule has 2 amide bonds. The van der Waals surface area contributed by atoms with Crippen LogP contribution in [-0.4, -0.2) is 89.5 Å². The number of aromatic amines is 1. The molecule has 2 aliphatic heterocycles. The van der Waals surface area contributed by atoms with Gasteiger partial charge >= 0.3 is 0 Å². The minimum Gasteiger partial charge on any atom is -0.379 e.